The first-order valence-corrected chi connectivity index (χ1v) is 8.52. The molecule has 136 valence electrons. The molecule has 2 rings (SSSR count). The van der Waals surface area contributed by atoms with Gasteiger partial charge in [-0.25, -0.2) is 4.99 Å². The summed E-state index contributed by atoms with van der Waals surface area (Å²) in [4.78, 5) is 11.5. The summed E-state index contributed by atoms with van der Waals surface area (Å²) < 4.78 is 5.37. The molecule has 0 atom stereocenters. The number of nitrogens with zero attached hydrogens (tertiary/aromatic N) is 3. The highest BCUT2D eigenvalue weighted by Gasteiger charge is 2.09. The maximum atomic E-state index is 5.37. The first kappa shape index (κ1) is 21.1. The van der Waals surface area contributed by atoms with Crippen LogP contribution in [0.25, 0.3) is 0 Å². The van der Waals surface area contributed by atoms with Crippen LogP contribution in [-0.2, 0) is 11.3 Å². The minimum Gasteiger partial charge on any atom is -0.379 e. The lowest BCUT2D eigenvalue weighted by molar-refractivity contribution is 0.0376. The summed E-state index contributed by atoms with van der Waals surface area (Å²) in [7, 11) is 0. The molecule has 0 unspecified atom stereocenters. The molecule has 1 aromatic heterocycles. The van der Waals surface area contributed by atoms with E-state index in [0.717, 1.165) is 64.0 Å². The van der Waals surface area contributed by atoms with Gasteiger partial charge < -0.3 is 15.4 Å². The number of hydrogen-bond acceptors (Lipinski definition) is 4. The molecular formula is C17H30IN5O. The number of aliphatic imine (C=N–C) groups is 1. The summed E-state index contributed by atoms with van der Waals surface area (Å²) in [6.45, 7) is 11.5. The normalized spacial score (nSPS) is 15.7. The van der Waals surface area contributed by atoms with Crippen molar-refractivity contribution in [2.45, 2.75) is 26.8 Å². The molecule has 0 radical (unpaired) electrons. The molecule has 0 aromatic carbocycles. The predicted octanol–water partition coefficient (Wildman–Crippen LogP) is 1.79. The molecule has 0 aliphatic carbocycles. The van der Waals surface area contributed by atoms with Gasteiger partial charge in [0, 0.05) is 32.4 Å². The standard InChI is InChI=1S/C17H29N5O.HI/c1-3-18-17(21-14-16-15(2)6-4-7-19-16)20-8-5-9-22-10-12-23-13-11-22;/h4,6-7H,3,5,8-14H2,1-2H3,(H2,18,20,21);1H. The number of ether oxygens (including phenoxy) is 1. The van der Waals surface area contributed by atoms with Crippen molar-refractivity contribution in [2.24, 2.45) is 4.99 Å². The fourth-order valence-electron chi connectivity index (χ4n) is 2.51. The molecule has 0 saturated carbocycles. The van der Waals surface area contributed by atoms with Crippen molar-refractivity contribution in [1.29, 1.82) is 0 Å². The molecule has 0 amide bonds. The van der Waals surface area contributed by atoms with Crippen molar-refractivity contribution >= 4 is 29.9 Å². The second-order valence-corrected chi connectivity index (χ2v) is 5.70. The average Bonchev–Trinajstić information content (AvgIpc) is 2.58. The molecule has 7 heteroatoms. The van der Waals surface area contributed by atoms with E-state index in [0.29, 0.717) is 6.54 Å². The number of pyridine rings is 1. The molecule has 6 nitrogen and oxygen atoms in total. The highest BCUT2D eigenvalue weighted by Crippen LogP contribution is 2.04. The van der Waals surface area contributed by atoms with Crippen LogP contribution in [-0.4, -0.2) is 61.8 Å². The zero-order valence-electron chi connectivity index (χ0n) is 14.8. The van der Waals surface area contributed by atoms with Gasteiger partial charge in [0.05, 0.1) is 25.5 Å². The van der Waals surface area contributed by atoms with Crippen LogP contribution in [0.3, 0.4) is 0 Å². The fourth-order valence-corrected chi connectivity index (χ4v) is 2.51. The van der Waals surface area contributed by atoms with Crippen LogP contribution in [0, 0.1) is 6.92 Å². The van der Waals surface area contributed by atoms with E-state index in [1.165, 1.54) is 5.56 Å². The molecule has 1 aliphatic rings. The number of morpholine rings is 1. The van der Waals surface area contributed by atoms with Gasteiger partial charge in [-0.1, -0.05) is 6.07 Å². The fraction of sp³-hybridized carbons (Fsp3) is 0.647. The molecule has 2 N–H and O–H groups in total. The summed E-state index contributed by atoms with van der Waals surface area (Å²) in [5.41, 5.74) is 2.21. The Morgan fingerprint density at radius 3 is 2.83 bits per heavy atom. The minimum atomic E-state index is 0. The zero-order valence-corrected chi connectivity index (χ0v) is 17.1. The van der Waals surface area contributed by atoms with Crippen LogP contribution >= 0.6 is 24.0 Å². The largest absolute Gasteiger partial charge is 0.379 e. The lowest BCUT2D eigenvalue weighted by atomic mass is 10.2. The van der Waals surface area contributed by atoms with Crippen molar-refractivity contribution in [1.82, 2.24) is 20.5 Å². The maximum Gasteiger partial charge on any atom is 0.191 e. The molecule has 0 bridgehead atoms. The van der Waals surface area contributed by atoms with Crippen LogP contribution in [0.2, 0.25) is 0 Å². The molecule has 1 saturated heterocycles. The Morgan fingerprint density at radius 2 is 2.12 bits per heavy atom. The number of hydrogen-bond donors (Lipinski definition) is 2. The third-order valence-electron chi connectivity index (χ3n) is 3.90. The number of guanidine groups is 1. The van der Waals surface area contributed by atoms with Gasteiger partial charge in [0.15, 0.2) is 5.96 Å². The SMILES string of the molecule is CCNC(=NCc1ncccc1C)NCCCN1CCOCC1.I. The molecule has 2 heterocycles. The molecule has 0 spiro atoms. The van der Waals surface area contributed by atoms with Crippen LogP contribution in [0.4, 0.5) is 0 Å². The quantitative estimate of drug-likeness (QED) is 0.289. The Balaban J connectivity index is 0.00000288. The molecule has 1 fully saturated rings. The Kier molecular flexibility index (Phi) is 10.9. The summed E-state index contributed by atoms with van der Waals surface area (Å²) >= 11 is 0. The van der Waals surface area contributed by atoms with E-state index in [9.17, 15) is 0 Å². The van der Waals surface area contributed by atoms with Gasteiger partial charge in [-0.15, -0.1) is 24.0 Å². The monoisotopic (exact) mass is 447 g/mol. The van der Waals surface area contributed by atoms with Crippen molar-refractivity contribution in [2.75, 3.05) is 45.9 Å². The second-order valence-electron chi connectivity index (χ2n) is 5.70. The highest BCUT2D eigenvalue weighted by molar-refractivity contribution is 14.0. The average molecular weight is 447 g/mol. The van der Waals surface area contributed by atoms with Gasteiger partial charge in [-0.2, -0.15) is 0 Å². The topological polar surface area (TPSA) is 61.8 Å². The predicted molar refractivity (Wildman–Crippen MR) is 109 cm³/mol. The van der Waals surface area contributed by atoms with Gasteiger partial charge in [0.1, 0.15) is 0 Å². The van der Waals surface area contributed by atoms with E-state index in [1.807, 2.05) is 12.3 Å². The zero-order chi connectivity index (χ0) is 16.3. The summed E-state index contributed by atoms with van der Waals surface area (Å²) in [5, 5.41) is 6.69. The second kappa shape index (κ2) is 12.4. The molecule has 1 aliphatic heterocycles. The van der Waals surface area contributed by atoms with E-state index in [2.05, 4.69) is 45.4 Å². The Morgan fingerprint density at radius 1 is 1.33 bits per heavy atom. The van der Waals surface area contributed by atoms with Crippen molar-refractivity contribution in [3.05, 3.63) is 29.6 Å². The number of aryl methyl sites for hydroxylation is 1. The Bertz CT molecular complexity index is 492. The van der Waals surface area contributed by atoms with Crippen molar-refractivity contribution in [3.8, 4) is 0 Å². The summed E-state index contributed by atoms with van der Waals surface area (Å²) in [5.74, 6) is 0.861. The van der Waals surface area contributed by atoms with Crippen LogP contribution in [0.1, 0.15) is 24.6 Å². The number of nitrogens with one attached hydrogen (secondary N) is 2. The van der Waals surface area contributed by atoms with E-state index in [4.69, 9.17) is 4.74 Å². The van der Waals surface area contributed by atoms with Gasteiger partial charge >= 0.3 is 0 Å². The van der Waals surface area contributed by atoms with Gasteiger partial charge in [-0.3, -0.25) is 9.88 Å². The molecule has 24 heavy (non-hydrogen) atoms. The Labute approximate surface area is 162 Å². The summed E-state index contributed by atoms with van der Waals surface area (Å²) in [6.07, 6.45) is 2.92. The maximum absolute atomic E-state index is 5.37. The third-order valence-corrected chi connectivity index (χ3v) is 3.90. The van der Waals surface area contributed by atoms with E-state index in [1.54, 1.807) is 0 Å². The number of halogens is 1. The van der Waals surface area contributed by atoms with E-state index >= 15 is 0 Å². The smallest absolute Gasteiger partial charge is 0.191 e. The lowest BCUT2D eigenvalue weighted by Crippen LogP contribution is -2.40. The number of rotatable bonds is 7. The number of aromatic nitrogens is 1. The van der Waals surface area contributed by atoms with Gasteiger partial charge in [0.2, 0.25) is 0 Å². The van der Waals surface area contributed by atoms with Crippen molar-refractivity contribution < 1.29 is 4.74 Å². The summed E-state index contributed by atoms with van der Waals surface area (Å²) in [6, 6.07) is 4.03. The lowest BCUT2D eigenvalue weighted by Gasteiger charge is -2.26. The van der Waals surface area contributed by atoms with Crippen LogP contribution in [0.5, 0.6) is 0 Å². The van der Waals surface area contributed by atoms with Gasteiger partial charge in [-0.05, 0) is 38.4 Å². The first-order valence-electron chi connectivity index (χ1n) is 8.52. The molecular weight excluding hydrogens is 417 g/mol. The third kappa shape index (κ3) is 7.76. The highest BCUT2D eigenvalue weighted by atomic mass is 127. The Hall–Kier alpha value is -0.930. The first-order chi connectivity index (χ1) is 11.3. The minimum absolute atomic E-state index is 0. The van der Waals surface area contributed by atoms with E-state index in [-0.39, 0.29) is 24.0 Å². The van der Waals surface area contributed by atoms with Crippen molar-refractivity contribution in [3.63, 3.8) is 0 Å². The van der Waals surface area contributed by atoms with Gasteiger partial charge in [0.25, 0.3) is 0 Å². The molecule has 1 aromatic rings. The van der Waals surface area contributed by atoms with E-state index < -0.39 is 0 Å². The van der Waals surface area contributed by atoms with Crippen LogP contribution in [0.15, 0.2) is 23.3 Å². The van der Waals surface area contributed by atoms with Crippen LogP contribution < -0.4 is 10.6 Å².